The van der Waals surface area contributed by atoms with E-state index in [0.717, 1.165) is 27.9 Å². The minimum Gasteiger partial charge on any atom is -0.497 e. The maximum Gasteiger partial charge on any atom is 0.237 e. The largest absolute Gasteiger partial charge is 0.497 e. The molecule has 0 fully saturated rings. The van der Waals surface area contributed by atoms with Crippen molar-refractivity contribution in [3.63, 3.8) is 0 Å². The van der Waals surface area contributed by atoms with Crippen molar-refractivity contribution < 1.29 is 23.7 Å². The molecule has 0 saturated carbocycles. The van der Waals surface area contributed by atoms with Crippen LogP contribution >= 0.6 is 11.8 Å². The van der Waals surface area contributed by atoms with E-state index in [2.05, 4.69) is 21.8 Å². The summed E-state index contributed by atoms with van der Waals surface area (Å²) in [5.74, 6) is 2.53. The maximum atomic E-state index is 12.9. The second-order valence-electron chi connectivity index (χ2n) is 7.34. The highest BCUT2D eigenvalue weighted by atomic mass is 32.2. The van der Waals surface area contributed by atoms with E-state index in [1.807, 2.05) is 31.3 Å². The Balaban J connectivity index is 1.51. The zero-order chi connectivity index (χ0) is 23.4. The molecule has 1 atom stereocenters. The number of nitrogens with one attached hydrogen (secondary N) is 1. The highest BCUT2D eigenvalue weighted by molar-refractivity contribution is 8.00. The zero-order valence-corrected chi connectivity index (χ0v) is 19.9. The van der Waals surface area contributed by atoms with Gasteiger partial charge in [-0.05, 0) is 44.2 Å². The summed E-state index contributed by atoms with van der Waals surface area (Å²) in [7, 11) is 3.14. The molecule has 0 spiro atoms. The van der Waals surface area contributed by atoms with Crippen molar-refractivity contribution in [3.8, 4) is 34.3 Å². The van der Waals surface area contributed by atoms with Crippen molar-refractivity contribution in [3.05, 3.63) is 42.6 Å². The third kappa shape index (κ3) is 4.88. The number of amides is 1. The minimum absolute atomic E-state index is 0.155. The number of carbonyl (C=O) groups is 1. The van der Waals surface area contributed by atoms with Crippen LogP contribution in [-0.2, 0) is 11.3 Å². The molecule has 4 rings (SSSR count). The molecule has 8 nitrogen and oxygen atoms in total. The molecule has 0 bridgehead atoms. The SMILES string of the molecule is CCn1c(-c2ccc3c(c2)OCCO3)cnc1SC(C)C(=O)Nc1cc(OC)ccc1OC. The quantitative estimate of drug-likeness (QED) is 0.487. The molecule has 2 heterocycles. The molecule has 1 aliphatic heterocycles. The van der Waals surface area contributed by atoms with Crippen LogP contribution in [0.25, 0.3) is 11.3 Å². The maximum absolute atomic E-state index is 12.9. The van der Waals surface area contributed by atoms with E-state index in [4.69, 9.17) is 18.9 Å². The predicted octanol–water partition coefficient (Wildman–Crippen LogP) is 4.48. The first-order chi connectivity index (χ1) is 16.0. The number of ether oxygens (including phenoxy) is 4. The number of imidazole rings is 1. The normalized spacial score (nSPS) is 13.3. The summed E-state index contributed by atoms with van der Waals surface area (Å²) >= 11 is 1.40. The first-order valence-corrected chi connectivity index (χ1v) is 11.6. The Labute approximate surface area is 197 Å². The van der Waals surface area contributed by atoms with Gasteiger partial charge in [0.2, 0.25) is 5.91 Å². The fourth-order valence-electron chi connectivity index (χ4n) is 3.55. The Bertz CT molecular complexity index is 1150. The summed E-state index contributed by atoms with van der Waals surface area (Å²) in [6, 6.07) is 11.2. The van der Waals surface area contributed by atoms with Gasteiger partial charge in [0.15, 0.2) is 16.7 Å². The number of carbonyl (C=O) groups excluding carboxylic acids is 1. The summed E-state index contributed by atoms with van der Waals surface area (Å²) in [5.41, 5.74) is 2.50. The number of anilines is 1. The van der Waals surface area contributed by atoms with E-state index in [1.54, 1.807) is 32.4 Å². The van der Waals surface area contributed by atoms with Crippen molar-refractivity contribution in [1.82, 2.24) is 9.55 Å². The fourth-order valence-corrected chi connectivity index (χ4v) is 4.50. The van der Waals surface area contributed by atoms with Crippen LogP contribution in [0.3, 0.4) is 0 Å². The number of rotatable bonds is 8. The number of benzene rings is 2. The number of fused-ring (bicyclic) bond motifs is 1. The van der Waals surface area contributed by atoms with Crippen molar-refractivity contribution >= 4 is 23.4 Å². The first kappa shape index (κ1) is 22.8. The molecule has 1 amide bonds. The Kier molecular flexibility index (Phi) is 6.98. The molecule has 33 heavy (non-hydrogen) atoms. The molecule has 1 unspecified atom stereocenters. The molecule has 1 aromatic heterocycles. The van der Waals surface area contributed by atoms with Gasteiger partial charge in [-0.3, -0.25) is 4.79 Å². The van der Waals surface area contributed by atoms with E-state index < -0.39 is 0 Å². The van der Waals surface area contributed by atoms with Gasteiger partial charge in [-0.2, -0.15) is 0 Å². The Morgan fingerprint density at radius 1 is 1.15 bits per heavy atom. The fraction of sp³-hybridized carbons (Fsp3) is 0.333. The lowest BCUT2D eigenvalue weighted by atomic mass is 10.1. The van der Waals surface area contributed by atoms with E-state index >= 15 is 0 Å². The summed E-state index contributed by atoms with van der Waals surface area (Å²) in [6.45, 7) is 5.71. The van der Waals surface area contributed by atoms with Gasteiger partial charge in [0.1, 0.15) is 24.7 Å². The molecule has 0 radical (unpaired) electrons. The van der Waals surface area contributed by atoms with Gasteiger partial charge < -0.3 is 28.8 Å². The van der Waals surface area contributed by atoms with Crippen LogP contribution in [0.5, 0.6) is 23.0 Å². The number of thioether (sulfide) groups is 1. The summed E-state index contributed by atoms with van der Waals surface area (Å²) < 4.78 is 24.1. The van der Waals surface area contributed by atoms with Gasteiger partial charge in [-0.25, -0.2) is 4.98 Å². The molecule has 3 aromatic rings. The third-order valence-electron chi connectivity index (χ3n) is 5.29. The summed E-state index contributed by atoms with van der Waals surface area (Å²) in [6.07, 6.45) is 1.83. The van der Waals surface area contributed by atoms with Gasteiger partial charge in [0.25, 0.3) is 0 Å². The topological polar surface area (TPSA) is 83.8 Å². The summed E-state index contributed by atoms with van der Waals surface area (Å²) in [4.78, 5) is 17.5. The number of nitrogens with zero attached hydrogens (tertiary/aromatic N) is 2. The van der Waals surface area contributed by atoms with Crippen LogP contribution in [0.1, 0.15) is 13.8 Å². The zero-order valence-electron chi connectivity index (χ0n) is 19.1. The van der Waals surface area contributed by atoms with E-state index in [0.29, 0.717) is 36.9 Å². The number of hydrogen-bond acceptors (Lipinski definition) is 7. The number of methoxy groups -OCH3 is 2. The molecule has 1 N–H and O–H groups in total. The van der Waals surface area contributed by atoms with Crippen molar-refractivity contribution in [2.45, 2.75) is 30.8 Å². The lowest BCUT2D eigenvalue weighted by Crippen LogP contribution is -2.23. The molecular weight excluding hydrogens is 442 g/mol. The molecule has 0 aliphatic carbocycles. The van der Waals surface area contributed by atoms with Gasteiger partial charge in [0.05, 0.1) is 37.0 Å². The van der Waals surface area contributed by atoms with E-state index in [1.165, 1.54) is 11.8 Å². The van der Waals surface area contributed by atoms with E-state index in [-0.39, 0.29) is 11.2 Å². The van der Waals surface area contributed by atoms with Crippen LogP contribution in [0, 0.1) is 0 Å². The van der Waals surface area contributed by atoms with Crippen molar-refractivity contribution in [2.75, 3.05) is 32.8 Å². The molecule has 174 valence electrons. The monoisotopic (exact) mass is 469 g/mol. The Hall–Kier alpha value is -3.33. The third-order valence-corrected chi connectivity index (χ3v) is 6.39. The average molecular weight is 470 g/mol. The van der Waals surface area contributed by atoms with Gasteiger partial charge in [-0.1, -0.05) is 11.8 Å². The smallest absolute Gasteiger partial charge is 0.237 e. The Morgan fingerprint density at radius 3 is 2.67 bits per heavy atom. The lowest BCUT2D eigenvalue weighted by molar-refractivity contribution is -0.115. The molecule has 2 aromatic carbocycles. The minimum atomic E-state index is -0.387. The number of hydrogen-bond donors (Lipinski definition) is 1. The van der Waals surface area contributed by atoms with Gasteiger partial charge in [-0.15, -0.1) is 0 Å². The van der Waals surface area contributed by atoms with Crippen LogP contribution in [0.4, 0.5) is 5.69 Å². The molecular formula is C24H27N3O5S. The standard InChI is InChI=1S/C24H27N3O5S/c1-5-27-19(16-6-8-21-22(12-16)32-11-10-31-21)14-25-24(27)33-15(2)23(28)26-18-13-17(29-3)7-9-20(18)30-4/h6-9,12-15H,5,10-11H2,1-4H3,(H,26,28). The van der Waals surface area contributed by atoms with E-state index in [9.17, 15) is 4.79 Å². The molecule has 1 aliphatic rings. The Morgan fingerprint density at radius 2 is 1.94 bits per heavy atom. The summed E-state index contributed by atoms with van der Waals surface area (Å²) in [5, 5.41) is 3.31. The average Bonchev–Trinajstić information content (AvgIpc) is 3.25. The first-order valence-electron chi connectivity index (χ1n) is 10.7. The van der Waals surface area contributed by atoms with Gasteiger partial charge >= 0.3 is 0 Å². The highest BCUT2D eigenvalue weighted by Crippen LogP contribution is 2.36. The van der Waals surface area contributed by atoms with Crippen LogP contribution < -0.4 is 24.3 Å². The predicted molar refractivity (Wildman–Crippen MR) is 128 cm³/mol. The van der Waals surface area contributed by atoms with Crippen LogP contribution in [-0.4, -0.2) is 48.1 Å². The molecule has 0 saturated heterocycles. The molecule has 9 heteroatoms. The van der Waals surface area contributed by atoms with Gasteiger partial charge in [0, 0.05) is 18.2 Å². The number of aromatic nitrogens is 2. The lowest BCUT2D eigenvalue weighted by Gasteiger charge is -2.19. The second kappa shape index (κ2) is 10.1. The van der Waals surface area contributed by atoms with Crippen LogP contribution in [0.15, 0.2) is 47.8 Å². The van der Waals surface area contributed by atoms with Crippen LogP contribution in [0.2, 0.25) is 0 Å². The van der Waals surface area contributed by atoms with Crippen molar-refractivity contribution in [1.29, 1.82) is 0 Å². The van der Waals surface area contributed by atoms with Crippen molar-refractivity contribution in [2.24, 2.45) is 0 Å². The highest BCUT2D eigenvalue weighted by Gasteiger charge is 2.21. The second-order valence-corrected chi connectivity index (χ2v) is 8.65.